The van der Waals surface area contributed by atoms with Gasteiger partial charge in [0.05, 0.1) is 24.3 Å². The number of aromatic nitrogens is 1. The van der Waals surface area contributed by atoms with Gasteiger partial charge in [0.15, 0.2) is 0 Å². The molecule has 1 aromatic carbocycles. The van der Waals surface area contributed by atoms with Gasteiger partial charge in [0.2, 0.25) is 0 Å². The average Bonchev–Trinajstić information content (AvgIpc) is 2.47. The highest BCUT2D eigenvalue weighted by Crippen LogP contribution is 2.30. The van der Waals surface area contributed by atoms with E-state index < -0.39 is 0 Å². The summed E-state index contributed by atoms with van der Waals surface area (Å²) in [7, 11) is 4.15. The fourth-order valence-electron chi connectivity index (χ4n) is 3.13. The summed E-state index contributed by atoms with van der Waals surface area (Å²) in [6, 6.07) is 11.1. The second kappa shape index (κ2) is 6.10. The maximum absolute atomic E-state index is 5.97. The van der Waals surface area contributed by atoms with E-state index in [1.54, 1.807) is 0 Å². The van der Waals surface area contributed by atoms with Gasteiger partial charge in [-0.3, -0.25) is 9.88 Å². The van der Waals surface area contributed by atoms with Crippen molar-refractivity contribution in [3.63, 3.8) is 0 Å². The van der Waals surface area contributed by atoms with E-state index in [-0.39, 0.29) is 12.1 Å². The fraction of sp³-hybridized carbons (Fsp3) is 0.471. The standard InChI is InChI=1S/C17H23N3O/c1-12-4-5-13-10-14(6-7-15(13)19-12)17-16(11-18-2)21-9-8-20(17)3/h4-7,10,16-18H,8-9,11H2,1-3H3. The molecule has 112 valence electrons. The highest BCUT2D eigenvalue weighted by atomic mass is 16.5. The number of hydrogen-bond acceptors (Lipinski definition) is 4. The van der Waals surface area contributed by atoms with Crippen molar-refractivity contribution in [2.24, 2.45) is 0 Å². The van der Waals surface area contributed by atoms with Crippen molar-refractivity contribution in [3.8, 4) is 0 Å². The molecule has 3 rings (SSSR count). The Hall–Kier alpha value is -1.49. The Balaban J connectivity index is 1.98. The second-order valence-electron chi connectivity index (χ2n) is 5.80. The molecule has 1 aromatic heterocycles. The maximum Gasteiger partial charge on any atom is 0.0896 e. The molecule has 0 aliphatic carbocycles. The van der Waals surface area contributed by atoms with Crippen LogP contribution in [0.25, 0.3) is 10.9 Å². The molecule has 0 amide bonds. The molecule has 2 unspecified atom stereocenters. The molecule has 4 heteroatoms. The van der Waals surface area contributed by atoms with Crippen LogP contribution in [0.3, 0.4) is 0 Å². The predicted octanol–water partition coefficient (Wildman–Crippen LogP) is 2.13. The highest BCUT2D eigenvalue weighted by Gasteiger charge is 2.31. The Morgan fingerprint density at radius 1 is 1.33 bits per heavy atom. The molecule has 1 fully saturated rings. The lowest BCUT2D eigenvalue weighted by atomic mass is 9.96. The third-order valence-electron chi connectivity index (χ3n) is 4.20. The zero-order chi connectivity index (χ0) is 14.8. The first-order chi connectivity index (χ1) is 10.2. The Labute approximate surface area is 126 Å². The number of fused-ring (bicyclic) bond motifs is 1. The van der Waals surface area contributed by atoms with Crippen molar-refractivity contribution in [1.29, 1.82) is 0 Å². The summed E-state index contributed by atoms with van der Waals surface area (Å²) in [6.07, 6.45) is 0.185. The van der Waals surface area contributed by atoms with E-state index in [9.17, 15) is 0 Å². The number of ether oxygens (including phenoxy) is 1. The number of pyridine rings is 1. The molecular weight excluding hydrogens is 262 g/mol. The first kappa shape index (κ1) is 14.4. The van der Waals surface area contributed by atoms with Crippen LogP contribution in [0, 0.1) is 6.92 Å². The van der Waals surface area contributed by atoms with Gasteiger partial charge >= 0.3 is 0 Å². The lowest BCUT2D eigenvalue weighted by molar-refractivity contribution is -0.0606. The number of likely N-dealkylation sites (N-methyl/N-ethyl adjacent to an activating group) is 2. The number of aryl methyl sites for hydroxylation is 1. The summed E-state index contributed by atoms with van der Waals surface area (Å²) in [5.41, 5.74) is 3.42. The number of nitrogens with one attached hydrogen (secondary N) is 1. The van der Waals surface area contributed by atoms with E-state index in [0.717, 1.165) is 30.9 Å². The SMILES string of the molecule is CNCC1OCCN(C)C1c1ccc2nc(C)ccc2c1. The van der Waals surface area contributed by atoms with E-state index >= 15 is 0 Å². The first-order valence-corrected chi connectivity index (χ1v) is 7.53. The van der Waals surface area contributed by atoms with E-state index in [1.807, 2.05) is 14.0 Å². The molecule has 4 nitrogen and oxygen atoms in total. The van der Waals surface area contributed by atoms with E-state index in [1.165, 1.54) is 10.9 Å². The van der Waals surface area contributed by atoms with Gasteiger partial charge in [-0.25, -0.2) is 0 Å². The molecule has 0 radical (unpaired) electrons. The molecule has 1 aliphatic rings. The van der Waals surface area contributed by atoms with Crippen molar-refractivity contribution >= 4 is 10.9 Å². The van der Waals surface area contributed by atoms with Crippen molar-refractivity contribution in [2.45, 2.75) is 19.1 Å². The van der Waals surface area contributed by atoms with Crippen molar-refractivity contribution in [1.82, 2.24) is 15.2 Å². The Morgan fingerprint density at radius 3 is 3.00 bits per heavy atom. The predicted molar refractivity (Wildman–Crippen MR) is 85.5 cm³/mol. The van der Waals surface area contributed by atoms with E-state index in [0.29, 0.717) is 0 Å². The molecule has 2 aromatic rings. The molecular formula is C17H23N3O. The zero-order valence-electron chi connectivity index (χ0n) is 13.0. The van der Waals surface area contributed by atoms with Crippen molar-refractivity contribution in [3.05, 3.63) is 41.6 Å². The van der Waals surface area contributed by atoms with Crippen LogP contribution < -0.4 is 5.32 Å². The molecule has 2 atom stereocenters. The number of rotatable bonds is 3. The lowest BCUT2D eigenvalue weighted by Crippen LogP contribution is -2.46. The minimum atomic E-state index is 0.185. The van der Waals surface area contributed by atoms with Crippen LogP contribution in [0.2, 0.25) is 0 Å². The number of benzene rings is 1. The second-order valence-corrected chi connectivity index (χ2v) is 5.80. The first-order valence-electron chi connectivity index (χ1n) is 7.53. The Kier molecular flexibility index (Phi) is 4.19. The average molecular weight is 285 g/mol. The van der Waals surface area contributed by atoms with Crippen LogP contribution in [0.1, 0.15) is 17.3 Å². The van der Waals surface area contributed by atoms with Gasteiger partial charge in [-0.05, 0) is 44.8 Å². The monoisotopic (exact) mass is 285 g/mol. The van der Waals surface area contributed by atoms with E-state index in [4.69, 9.17) is 4.74 Å². The van der Waals surface area contributed by atoms with Crippen molar-refractivity contribution in [2.75, 3.05) is 33.8 Å². The van der Waals surface area contributed by atoms with E-state index in [2.05, 4.69) is 52.6 Å². The van der Waals surface area contributed by atoms with Crippen LogP contribution >= 0.6 is 0 Å². The van der Waals surface area contributed by atoms with Gasteiger partial charge in [-0.15, -0.1) is 0 Å². The van der Waals surface area contributed by atoms with Crippen LogP contribution in [-0.4, -0.2) is 49.8 Å². The number of morpholine rings is 1. The molecule has 0 saturated carbocycles. The molecule has 1 aliphatic heterocycles. The van der Waals surface area contributed by atoms with Gasteiger partial charge < -0.3 is 10.1 Å². The molecule has 0 spiro atoms. The molecule has 0 bridgehead atoms. The minimum absolute atomic E-state index is 0.185. The fourth-order valence-corrected chi connectivity index (χ4v) is 3.13. The molecule has 21 heavy (non-hydrogen) atoms. The van der Waals surface area contributed by atoms with Crippen LogP contribution in [-0.2, 0) is 4.74 Å². The third-order valence-corrected chi connectivity index (χ3v) is 4.20. The quantitative estimate of drug-likeness (QED) is 0.937. The Bertz CT molecular complexity index is 626. The minimum Gasteiger partial charge on any atom is -0.374 e. The van der Waals surface area contributed by atoms with Gasteiger partial charge in [-0.2, -0.15) is 0 Å². The highest BCUT2D eigenvalue weighted by molar-refractivity contribution is 5.79. The summed E-state index contributed by atoms with van der Waals surface area (Å²) in [4.78, 5) is 6.96. The van der Waals surface area contributed by atoms with Gasteiger partial charge in [0.1, 0.15) is 0 Å². The number of hydrogen-bond donors (Lipinski definition) is 1. The van der Waals surface area contributed by atoms with Gasteiger partial charge in [-0.1, -0.05) is 12.1 Å². The summed E-state index contributed by atoms with van der Waals surface area (Å²) < 4.78 is 5.97. The zero-order valence-corrected chi connectivity index (χ0v) is 13.0. The lowest BCUT2D eigenvalue weighted by Gasteiger charge is -2.39. The molecule has 2 heterocycles. The number of nitrogens with zero attached hydrogens (tertiary/aromatic N) is 2. The smallest absolute Gasteiger partial charge is 0.0896 e. The van der Waals surface area contributed by atoms with Gasteiger partial charge in [0, 0.05) is 24.2 Å². The van der Waals surface area contributed by atoms with Gasteiger partial charge in [0.25, 0.3) is 0 Å². The van der Waals surface area contributed by atoms with Crippen molar-refractivity contribution < 1.29 is 4.74 Å². The third kappa shape index (κ3) is 2.93. The molecule has 1 N–H and O–H groups in total. The summed E-state index contributed by atoms with van der Waals surface area (Å²) in [6.45, 7) is 4.65. The van der Waals surface area contributed by atoms with Crippen LogP contribution in [0.4, 0.5) is 0 Å². The largest absolute Gasteiger partial charge is 0.374 e. The van der Waals surface area contributed by atoms with Crippen LogP contribution in [0.5, 0.6) is 0 Å². The summed E-state index contributed by atoms with van der Waals surface area (Å²) >= 11 is 0. The molecule has 1 saturated heterocycles. The topological polar surface area (TPSA) is 37.4 Å². The maximum atomic E-state index is 5.97. The summed E-state index contributed by atoms with van der Waals surface area (Å²) in [5, 5.41) is 4.43. The summed E-state index contributed by atoms with van der Waals surface area (Å²) in [5.74, 6) is 0. The Morgan fingerprint density at radius 2 is 2.19 bits per heavy atom. The normalized spacial score (nSPS) is 23.6. The van der Waals surface area contributed by atoms with Crippen LogP contribution in [0.15, 0.2) is 30.3 Å².